The first-order chi connectivity index (χ1) is 10.7. The maximum Gasteiger partial charge on any atom is 0.246 e. The molecule has 0 unspecified atom stereocenters. The lowest BCUT2D eigenvalue weighted by molar-refractivity contribution is -0.128. The fourth-order valence-corrected chi connectivity index (χ4v) is 4.41. The predicted molar refractivity (Wildman–Crippen MR) is 92.9 cm³/mol. The number of likely N-dealkylation sites (tertiary alicyclic amines) is 2. The SMILES string of the molecule is C=CCN1CCCC12CCN(C(=O)/C=C/c1cccs1)CC2. The molecule has 0 bridgehead atoms. The molecular formula is C18H24N2OS. The van der Waals surface area contributed by atoms with Gasteiger partial charge in [-0.05, 0) is 49.8 Å². The minimum atomic E-state index is 0.150. The first kappa shape index (κ1) is 15.5. The Kier molecular flexibility index (Phi) is 4.79. The number of thiophene rings is 1. The Morgan fingerprint density at radius 2 is 2.14 bits per heavy atom. The lowest BCUT2D eigenvalue weighted by Crippen LogP contribution is -2.53. The van der Waals surface area contributed by atoms with E-state index in [9.17, 15) is 4.79 Å². The third-order valence-electron chi connectivity index (χ3n) is 5.03. The van der Waals surface area contributed by atoms with Crippen LogP contribution in [0.4, 0.5) is 0 Å². The van der Waals surface area contributed by atoms with Gasteiger partial charge in [-0.15, -0.1) is 17.9 Å². The Bertz CT molecular complexity index is 541. The number of piperidine rings is 1. The zero-order valence-corrected chi connectivity index (χ0v) is 13.9. The van der Waals surface area contributed by atoms with Gasteiger partial charge in [0.1, 0.15) is 0 Å². The summed E-state index contributed by atoms with van der Waals surface area (Å²) in [6.07, 6.45) is 10.4. The minimum absolute atomic E-state index is 0.150. The molecule has 1 aromatic heterocycles. The Balaban J connectivity index is 1.57. The van der Waals surface area contributed by atoms with Crippen molar-refractivity contribution in [3.8, 4) is 0 Å². The van der Waals surface area contributed by atoms with E-state index >= 15 is 0 Å². The van der Waals surface area contributed by atoms with Crippen molar-refractivity contribution in [2.24, 2.45) is 0 Å². The van der Waals surface area contributed by atoms with E-state index in [1.807, 2.05) is 34.6 Å². The second-order valence-corrected chi connectivity index (χ2v) is 7.22. The lowest BCUT2D eigenvalue weighted by atomic mass is 9.85. The largest absolute Gasteiger partial charge is 0.339 e. The number of nitrogens with zero attached hydrogens (tertiary/aromatic N) is 2. The number of rotatable bonds is 4. The third kappa shape index (κ3) is 3.18. The first-order valence-electron chi connectivity index (χ1n) is 8.10. The van der Waals surface area contributed by atoms with Crippen LogP contribution in [0.25, 0.3) is 6.08 Å². The second kappa shape index (κ2) is 6.80. The predicted octanol–water partition coefficient (Wildman–Crippen LogP) is 3.40. The Morgan fingerprint density at radius 3 is 2.82 bits per heavy atom. The van der Waals surface area contributed by atoms with Gasteiger partial charge in [0.05, 0.1) is 0 Å². The summed E-state index contributed by atoms with van der Waals surface area (Å²) in [5, 5.41) is 2.03. The molecule has 0 aliphatic carbocycles. The molecule has 22 heavy (non-hydrogen) atoms. The molecule has 0 saturated carbocycles. The maximum atomic E-state index is 12.3. The molecular weight excluding hydrogens is 292 g/mol. The van der Waals surface area contributed by atoms with E-state index in [-0.39, 0.29) is 5.91 Å². The van der Waals surface area contributed by atoms with Crippen molar-refractivity contribution in [2.75, 3.05) is 26.2 Å². The molecule has 1 aromatic rings. The van der Waals surface area contributed by atoms with Crippen molar-refractivity contribution in [1.29, 1.82) is 0 Å². The van der Waals surface area contributed by atoms with Crippen molar-refractivity contribution in [2.45, 2.75) is 31.2 Å². The van der Waals surface area contributed by atoms with Gasteiger partial charge in [0, 0.05) is 36.1 Å². The summed E-state index contributed by atoms with van der Waals surface area (Å²) in [5.74, 6) is 0.150. The van der Waals surface area contributed by atoms with Crippen LogP contribution in [0, 0.1) is 0 Å². The standard InChI is InChI=1S/C18H24N2OS/c1-2-11-20-12-4-8-18(20)9-13-19(14-10-18)17(21)7-6-16-5-3-15-22-16/h2-3,5-7,15H,1,4,8-14H2/b7-6+. The van der Waals surface area contributed by atoms with Crippen LogP contribution in [-0.4, -0.2) is 47.4 Å². The lowest BCUT2D eigenvalue weighted by Gasteiger charge is -2.44. The molecule has 0 aromatic carbocycles. The van der Waals surface area contributed by atoms with Gasteiger partial charge in [-0.25, -0.2) is 0 Å². The van der Waals surface area contributed by atoms with Gasteiger partial charge in [-0.3, -0.25) is 9.69 Å². The van der Waals surface area contributed by atoms with E-state index in [2.05, 4.69) is 11.5 Å². The summed E-state index contributed by atoms with van der Waals surface area (Å²) in [7, 11) is 0. The summed E-state index contributed by atoms with van der Waals surface area (Å²) < 4.78 is 0. The molecule has 0 N–H and O–H groups in total. The van der Waals surface area contributed by atoms with Crippen LogP contribution in [-0.2, 0) is 4.79 Å². The number of amides is 1. The Labute approximate surface area is 136 Å². The van der Waals surface area contributed by atoms with Crippen LogP contribution in [0.5, 0.6) is 0 Å². The second-order valence-electron chi connectivity index (χ2n) is 6.24. The molecule has 118 valence electrons. The Morgan fingerprint density at radius 1 is 1.32 bits per heavy atom. The van der Waals surface area contributed by atoms with Crippen molar-refractivity contribution >= 4 is 23.3 Å². The minimum Gasteiger partial charge on any atom is -0.339 e. The van der Waals surface area contributed by atoms with Crippen LogP contribution >= 0.6 is 11.3 Å². The van der Waals surface area contributed by atoms with E-state index in [1.54, 1.807) is 17.4 Å². The summed E-state index contributed by atoms with van der Waals surface area (Å²) in [5.41, 5.74) is 0.322. The third-order valence-corrected chi connectivity index (χ3v) is 5.87. The quantitative estimate of drug-likeness (QED) is 0.628. The van der Waals surface area contributed by atoms with Gasteiger partial charge in [-0.1, -0.05) is 12.1 Å². The van der Waals surface area contributed by atoms with E-state index < -0.39 is 0 Å². The van der Waals surface area contributed by atoms with Crippen molar-refractivity contribution in [3.05, 3.63) is 41.1 Å². The highest BCUT2D eigenvalue weighted by molar-refractivity contribution is 7.10. The number of carbonyl (C=O) groups excluding carboxylic acids is 1. The zero-order valence-electron chi connectivity index (χ0n) is 13.0. The van der Waals surface area contributed by atoms with Crippen LogP contribution < -0.4 is 0 Å². The normalized spacial score (nSPS) is 21.7. The fourth-order valence-electron chi connectivity index (χ4n) is 3.79. The summed E-state index contributed by atoms with van der Waals surface area (Å²) in [6.45, 7) is 7.79. The highest BCUT2D eigenvalue weighted by atomic mass is 32.1. The van der Waals surface area contributed by atoms with Crippen LogP contribution in [0.15, 0.2) is 36.2 Å². The van der Waals surface area contributed by atoms with Gasteiger partial charge in [0.2, 0.25) is 5.91 Å². The molecule has 1 spiro atoms. The van der Waals surface area contributed by atoms with Crippen molar-refractivity contribution in [3.63, 3.8) is 0 Å². The molecule has 0 radical (unpaired) electrons. The molecule has 3 nitrogen and oxygen atoms in total. The van der Waals surface area contributed by atoms with Crippen molar-refractivity contribution in [1.82, 2.24) is 9.80 Å². The highest BCUT2D eigenvalue weighted by Crippen LogP contribution is 2.38. The molecule has 1 amide bonds. The van der Waals surface area contributed by atoms with Crippen molar-refractivity contribution < 1.29 is 4.79 Å². The molecule has 2 fully saturated rings. The maximum absolute atomic E-state index is 12.3. The fraction of sp³-hybridized carbons (Fsp3) is 0.500. The van der Waals surface area contributed by atoms with E-state index in [0.717, 1.165) is 37.4 Å². The monoisotopic (exact) mass is 316 g/mol. The molecule has 2 saturated heterocycles. The number of hydrogen-bond donors (Lipinski definition) is 0. The van der Waals surface area contributed by atoms with E-state index in [0.29, 0.717) is 5.54 Å². The van der Waals surface area contributed by atoms with E-state index in [4.69, 9.17) is 0 Å². The molecule has 2 aliphatic rings. The molecule has 3 rings (SSSR count). The topological polar surface area (TPSA) is 23.6 Å². The van der Waals surface area contributed by atoms with Crippen LogP contribution in [0.3, 0.4) is 0 Å². The van der Waals surface area contributed by atoms with Crippen LogP contribution in [0.1, 0.15) is 30.6 Å². The zero-order chi connectivity index (χ0) is 15.4. The molecule has 2 aliphatic heterocycles. The van der Waals surface area contributed by atoms with Gasteiger partial charge in [0.15, 0.2) is 0 Å². The average Bonchev–Trinajstić information content (AvgIpc) is 3.17. The summed E-state index contributed by atoms with van der Waals surface area (Å²) in [6, 6.07) is 4.04. The molecule has 0 atom stereocenters. The van der Waals surface area contributed by atoms with Gasteiger partial charge < -0.3 is 4.90 Å². The first-order valence-corrected chi connectivity index (χ1v) is 8.98. The van der Waals surface area contributed by atoms with Gasteiger partial charge in [0.25, 0.3) is 0 Å². The van der Waals surface area contributed by atoms with Gasteiger partial charge >= 0.3 is 0 Å². The van der Waals surface area contributed by atoms with Crippen LogP contribution in [0.2, 0.25) is 0 Å². The molecule has 3 heterocycles. The van der Waals surface area contributed by atoms with Gasteiger partial charge in [-0.2, -0.15) is 0 Å². The average molecular weight is 316 g/mol. The van der Waals surface area contributed by atoms with E-state index in [1.165, 1.54) is 19.4 Å². The summed E-state index contributed by atoms with van der Waals surface area (Å²) >= 11 is 1.66. The Hall–Kier alpha value is -1.39. The highest BCUT2D eigenvalue weighted by Gasteiger charge is 2.42. The molecule has 4 heteroatoms. The summed E-state index contributed by atoms with van der Waals surface area (Å²) in [4.78, 5) is 18.0. The number of carbonyl (C=O) groups is 1. The smallest absolute Gasteiger partial charge is 0.246 e. The number of hydrogen-bond acceptors (Lipinski definition) is 3.